The third kappa shape index (κ3) is 2.53. The number of nitrogens with zero attached hydrogens (tertiary/aromatic N) is 2. The van der Waals surface area contributed by atoms with Crippen molar-refractivity contribution in [3.63, 3.8) is 0 Å². The van der Waals surface area contributed by atoms with Crippen LogP contribution in [0.3, 0.4) is 0 Å². The molecule has 1 aromatic carbocycles. The Labute approximate surface area is 102 Å². The van der Waals surface area contributed by atoms with Gasteiger partial charge in [-0.3, -0.25) is 0 Å². The molecule has 3 nitrogen and oxygen atoms in total. The summed E-state index contributed by atoms with van der Waals surface area (Å²) in [6, 6.07) is 5.80. The van der Waals surface area contributed by atoms with Crippen LogP contribution < -0.4 is 5.73 Å². The molecular weight excluding hydrogens is 243 g/mol. The van der Waals surface area contributed by atoms with Crippen molar-refractivity contribution in [2.24, 2.45) is 5.73 Å². The fourth-order valence-electron chi connectivity index (χ4n) is 1.77. The molecular formula is C12H12F3N3. The van der Waals surface area contributed by atoms with Crippen molar-refractivity contribution >= 4 is 0 Å². The molecule has 1 heterocycles. The zero-order chi connectivity index (χ0) is 13.2. The van der Waals surface area contributed by atoms with Gasteiger partial charge in [0.2, 0.25) is 0 Å². The van der Waals surface area contributed by atoms with Crippen molar-refractivity contribution in [3.8, 4) is 5.69 Å². The Hall–Kier alpha value is -1.82. The van der Waals surface area contributed by atoms with Crippen LogP contribution >= 0.6 is 0 Å². The van der Waals surface area contributed by atoms with Crippen molar-refractivity contribution in [1.29, 1.82) is 0 Å². The summed E-state index contributed by atoms with van der Waals surface area (Å²) in [4.78, 5) is 0. The van der Waals surface area contributed by atoms with Crippen LogP contribution in [0.15, 0.2) is 36.7 Å². The molecule has 0 radical (unpaired) electrons. The Morgan fingerprint density at radius 2 is 2.06 bits per heavy atom. The monoisotopic (exact) mass is 255 g/mol. The minimum atomic E-state index is -4.38. The van der Waals surface area contributed by atoms with Crippen molar-refractivity contribution < 1.29 is 13.2 Å². The Balaban J connectivity index is 2.49. The van der Waals surface area contributed by atoms with Gasteiger partial charge in [-0.2, -0.15) is 18.3 Å². The second-order valence-corrected chi connectivity index (χ2v) is 3.83. The van der Waals surface area contributed by atoms with E-state index >= 15 is 0 Å². The first-order valence-electron chi connectivity index (χ1n) is 5.42. The molecule has 6 heteroatoms. The van der Waals surface area contributed by atoms with Crippen LogP contribution in [0.5, 0.6) is 0 Å². The summed E-state index contributed by atoms with van der Waals surface area (Å²) in [5.74, 6) is 0. The van der Waals surface area contributed by atoms with E-state index in [-0.39, 0.29) is 18.5 Å². The van der Waals surface area contributed by atoms with Gasteiger partial charge in [-0.15, -0.1) is 0 Å². The standard InChI is InChI=1S/C12H12F3N3/c13-12(14,15)11-8-10(18-7-1-6-17-18)3-2-9(11)4-5-16/h1-3,6-8H,4-5,16H2. The summed E-state index contributed by atoms with van der Waals surface area (Å²) in [5.41, 5.74) is 5.26. The molecule has 0 amide bonds. The normalized spacial score (nSPS) is 11.8. The first-order valence-corrected chi connectivity index (χ1v) is 5.42. The van der Waals surface area contributed by atoms with Gasteiger partial charge in [-0.25, -0.2) is 4.68 Å². The van der Waals surface area contributed by atoms with Gasteiger partial charge >= 0.3 is 6.18 Å². The highest BCUT2D eigenvalue weighted by atomic mass is 19.4. The van der Waals surface area contributed by atoms with Crippen LogP contribution in [-0.4, -0.2) is 16.3 Å². The van der Waals surface area contributed by atoms with E-state index in [0.29, 0.717) is 5.69 Å². The van der Waals surface area contributed by atoms with E-state index in [4.69, 9.17) is 5.73 Å². The molecule has 0 aliphatic rings. The zero-order valence-corrected chi connectivity index (χ0v) is 9.48. The number of rotatable bonds is 3. The summed E-state index contributed by atoms with van der Waals surface area (Å²) >= 11 is 0. The van der Waals surface area contributed by atoms with Crippen molar-refractivity contribution in [2.45, 2.75) is 12.6 Å². The molecule has 0 unspecified atom stereocenters. The van der Waals surface area contributed by atoms with Crippen LogP contribution in [0.1, 0.15) is 11.1 Å². The van der Waals surface area contributed by atoms with Crippen LogP contribution in [0, 0.1) is 0 Å². The SMILES string of the molecule is NCCc1ccc(-n2cccn2)cc1C(F)(F)F. The average Bonchev–Trinajstić information content (AvgIpc) is 2.82. The molecule has 2 aromatic rings. The van der Waals surface area contributed by atoms with E-state index in [0.717, 1.165) is 6.07 Å². The van der Waals surface area contributed by atoms with Crippen molar-refractivity contribution in [2.75, 3.05) is 6.54 Å². The highest BCUT2D eigenvalue weighted by molar-refractivity contribution is 5.41. The first-order chi connectivity index (χ1) is 8.52. The lowest BCUT2D eigenvalue weighted by atomic mass is 10.0. The molecule has 2 N–H and O–H groups in total. The summed E-state index contributed by atoms with van der Waals surface area (Å²) in [5, 5.41) is 3.91. The van der Waals surface area contributed by atoms with Gasteiger partial charge < -0.3 is 5.73 Å². The van der Waals surface area contributed by atoms with Crippen molar-refractivity contribution in [3.05, 3.63) is 47.8 Å². The second-order valence-electron chi connectivity index (χ2n) is 3.83. The molecule has 0 bridgehead atoms. The smallest absolute Gasteiger partial charge is 0.330 e. The number of benzene rings is 1. The highest BCUT2D eigenvalue weighted by Gasteiger charge is 2.33. The highest BCUT2D eigenvalue weighted by Crippen LogP contribution is 2.33. The lowest BCUT2D eigenvalue weighted by Crippen LogP contribution is -2.13. The topological polar surface area (TPSA) is 43.8 Å². The number of hydrogen-bond donors (Lipinski definition) is 1. The number of halogens is 3. The summed E-state index contributed by atoms with van der Waals surface area (Å²) < 4.78 is 40.2. The number of hydrogen-bond acceptors (Lipinski definition) is 2. The van der Waals surface area contributed by atoms with E-state index in [2.05, 4.69) is 5.10 Å². The Bertz CT molecular complexity index is 518. The Kier molecular flexibility index (Phi) is 3.38. The molecule has 0 atom stereocenters. The van der Waals surface area contributed by atoms with E-state index in [9.17, 15) is 13.2 Å². The average molecular weight is 255 g/mol. The van der Waals surface area contributed by atoms with E-state index in [1.807, 2.05) is 0 Å². The fourth-order valence-corrected chi connectivity index (χ4v) is 1.77. The summed E-state index contributed by atoms with van der Waals surface area (Å²) in [7, 11) is 0. The van der Waals surface area contributed by atoms with E-state index < -0.39 is 11.7 Å². The predicted molar refractivity (Wildman–Crippen MR) is 61.3 cm³/mol. The van der Waals surface area contributed by atoms with Gasteiger partial charge in [0.05, 0.1) is 11.3 Å². The molecule has 0 saturated carbocycles. The number of aromatic nitrogens is 2. The van der Waals surface area contributed by atoms with Gasteiger partial charge in [-0.1, -0.05) is 6.07 Å². The van der Waals surface area contributed by atoms with Gasteiger partial charge in [0.15, 0.2) is 0 Å². The molecule has 96 valence electrons. The molecule has 0 spiro atoms. The fraction of sp³-hybridized carbons (Fsp3) is 0.250. The Morgan fingerprint density at radius 3 is 2.61 bits per heavy atom. The zero-order valence-electron chi connectivity index (χ0n) is 9.48. The maximum atomic E-state index is 12.9. The predicted octanol–water partition coefficient (Wildman–Crippen LogP) is 2.39. The second kappa shape index (κ2) is 4.81. The maximum Gasteiger partial charge on any atom is 0.416 e. The number of alkyl halides is 3. The first kappa shape index (κ1) is 12.6. The third-order valence-electron chi connectivity index (χ3n) is 2.58. The lowest BCUT2D eigenvalue weighted by Gasteiger charge is -2.14. The van der Waals surface area contributed by atoms with E-state index in [1.165, 1.54) is 16.9 Å². The molecule has 2 rings (SSSR count). The van der Waals surface area contributed by atoms with Gasteiger partial charge in [0, 0.05) is 12.4 Å². The Morgan fingerprint density at radius 1 is 1.28 bits per heavy atom. The third-order valence-corrected chi connectivity index (χ3v) is 2.58. The molecule has 0 aliphatic carbocycles. The van der Waals surface area contributed by atoms with Gasteiger partial charge in [0.1, 0.15) is 0 Å². The van der Waals surface area contributed by atoms with E-state index in [1.54, 1.807) is 18.3 Å². The summed E-state index contributed by atoms with van der Waals surface area (Å²) in [6.07, 6.45) is -1.07. The quantitative estimate of drug-likeness (QED) is 0.915. The maximum absolute atomic E-state index is 12.9. The van der Waals surface area contributed by atoms with Gasteiger partial charge in [0.25, 0.3) is 0 Å². The van der Waals surface area contributed by atoms with Crippen molar-refractivity contribution in [1.82, 2.24) is 9.78 Å². The van der Waals surface area contributed by atoms with Gasteiger partial charge in [-0.05, 0) is 36.7 Å². The van der Waals surface area contributed by atoms with Crippen LogP contribution in [0.4, 0.5) is 13.2 Å². The van der Waals surface area contributed by atoms with Crippen LogP contribution in [0.2, 0.25) is 0 Å². The summed E-state index contributed by atoms with van der Waals surface area (Å²) in [6.45, 7) is 0.185. The largest absolute Gasteiger partial charge is 0.416 e. The molecule has 0 saturated heterocycles. The minimum Gasteiger partial charge on any atom is -0.330 e. The molecule has 0 fully saturated rings. The molecule has 18 heavy (non-hydrogen) atoms. The van der Waals surface area contributed by atoms with Crippen LogP contribution in [-0.2, 0) is 12.6 Å². The lowest BCUT2D eigenvalue weighted by molar-refractivity contribution is -0.138. The molecule has 1 aromatic heterocycles. The van der Waals surface area contributed by atoms with Crippen LogP contribution in [0.25, 0.3) is 5.69 Å². The minimum absolute atomic E-state index is 0.185. The molecule has 0 aliphatic heterocycles. The number of nitrogens with two attached hydrogens (primary N) is 1.